The Morgan fingerprint density at radius 3 is 2.46 bits per heavy atom. The van der Waals surface area contributed by atoms with Crippen molar-refractivity contribution in [3.05, 3.63) is 59.7 Å². The highest BCUT2D eigenvalue weighted by atomic mass is 19.4. The van der Waals surface area contributed by atoms with Gasteiger partial charge in [0.2, 0.25) is 11.9 Å². The van der Waals surface area contributed by atoms with Crippen LogP contribution in [0.25, 0.3) is 11.0 Å². The summed E-state index contributed by atoms with van der Waals surface area (Å²) in [6.45, 7) is 2.74. The molecule has 2 aromatic carbocycles. The SMILES string of the molecule is CCCn1c(NC(=O)Cc2ccc(C(F)(F)F)cc2)nc2ccccc21. The van der Waals surface area contributed by atoms with Crippen LogP contribution in [-0.4, -0.2) is 15.5 Å². The molecule has 0 unspecified atom stereocenters. The first-order valence-corrected chi connectivity index (χ1v) is 8.29. The molecule has 0 aliphatic carbocycles. The van der Waals surface area contributed by atoms with Gasteiger partial charge in [-0.15, -0.1) is 0 Å². The standard InChI is InChI=1S/C19H18F3N3O/c1-2-11-25-16-6-4-3-5-15(16)23-18(25)24-17(26)12-13-7-9-14(10-8-13)19(20,21)22/h3-10H,2,11-12H2,1H3,(H,23,24,26). The molecule has 0 bridgehead atoms. The Morgan fingerprint density at radius 2 is 1.81 bits per heavy atom. The molecule has 0 aliphatic heterocycles. The van der Waals surface area contributed by atoms with Gasteiger partial charge in [0, 0.05) is 6.54 Å². The number of alkyl halides is 3. The van der Waals surface area contributed by atoms with Crippen LogP contribution in [-0.2, 0) is 23.9 Å². The summed E-state index contributed by atoms with van der Waals surface area (Å²) in [5.41, 5.74) is 1.49. The number of anilines is 1. The number of carbonyl (C=O) groups excluding carboxylic acids is 1. The number of aromatic nitrogens is 2. The Labute approximate surface area is 148 Å². The Morgan fingerprint density at radius 1 is 1.12 bits per heavy atom. The normalized spacial score (nSPS) is 11.7. The fourth-order valence-corrected chi connectivity index (χ4v) is 2.79. The lowest BCUT2D eigenvalue weighted by molar-refractivity contribution is -0.137. The third-order valence-corrected chi connectivity index (χ3v) is 4.00. The van der Waals surface area contributed by atoms with Gasteiger partial charge < -0.3 is 4.57 Å². The molecule has 7 heteroatoms. The minimum atomic E-state index is -4.38. The summed E-state index contributed by atoms with van der Waals surface area (Å²) in [6.07, 6.45) is -3.53. The van der Waals surface area contributed by atoms with Gasteiger partial charge in [-0.25, -0.2) is 4.98 Å². The maximum absolute atomic E-state index is 12.6. The summed E-state index contributed by atoms with van der Waals surface area (Å²) in [6, 6.07) is 12.2. The number of carbonyl (C=O) groups is 1. The molecule has 0 saturated carbocycles. The molecule has 1 aromatic heterocycles. The summed E-state index contributed by atoms with van der Waals surface area (Å²) in [5, 5.41) is 2.77. The number of hydrogen-bond acceptors (Lipinski definition) is 2. The summed E-state index contributed by atoms with van der Waals surface area (Å²) >= 11 is 0. The molecule has 1 amide bonds. The average molecular weight is 361 g/mol. The maximum Gasteiger partial charge on any atom is 0.416 e. The molecule has 0 spiro atoms. The topological polar surface area (TPSA) is 46.9 Å². The maximum atomic E-state index is 12.6. The van der Waals surface area contributed by atoms with Gasteiger partial charge in [-0.2, -0.15) is 13.2 Å². The van der Waals surface area contributed by atoms with Gasteiger partial charge in [-0.1, -0.05) is 31.2 Å². The first kappa shape index (κ1) is 18.0. The van der Waals surface area contributed by atoms with Crippen molar-refractivity contribution in [2.45, 2.75) is 32.5 Å². The molecular formula is C19H18F3N3O. The zero-order valence-electron chi connectivity index (χ0n) is 14.2. The second-order valence-electron chi connectivity index (χ2n) is 6.00. The average Bonchev–Trinajstić information content (AvgIpc) is 2.92. The van der Waals surface area contributed by atoms with E-state index < -0.39 is 11.7 Å². The smallest absolute Gasteiger partial charge is 0.310 e. The van der Waals surface area contributed by atoms with E-state index in [0.29, 0.717) is 18.1 Å². The molecule has 0 radical (unpaired) electrons. The van der Waals surface area contributed by atoms with Crippen molar-refractivity contribution in [2.24, 2.45) is 0 Å². The summed E-state index contributed by atoms with van der Waals surface area (Å²) in [7, 11) is 0. The molecular weight excluding hydrogens is 343 g/mol. The van der Waals surface area contributed by atoms with Crippen LogP contribution in [0.1, 0.15) is 24.5 Å². The molecule has 0 atom stereocenters. The highest BCUT2D eigenvalue weighted by Gasteiger charge is 2.30. The summed E-state index contributed by atoms with van der Waals surface area (Å²) in [5.74, 6) is 0.127. The molecule has 3 rings (SSSR count). The van der Waals surface area contributed by atoms with Crippen molar-refractivity contribution in [1.82, 2.24) is 9.55 Å². The van der Waals surface area contributed by atoms with E-state index in [4.69, 9.17) is 0 Å². The molecule has 1 heterocycles. The quantitative estimate of drug-likeness (QED) is 0.719. The monoisotopic (exact) mass is 361 g/mol. The molecule has 26 heavy (non-hydrogen) atoms. The number of rotatable bonds is 5. The van der Waals surface area contributed by atoms with Crippen LogP contribution in [0.3, 0.4) is 0 Å². The van der Waals surface area contributed by atoms with Gasteiger partial charge in [-0.3, -0.25) is 10.1 Å². The predicted octanol–water partition coefficient (Wildman–Crippen LogP) is 4.65. The van der Waals surface area contributed by atoms with Crippen LogP contribution in [0.5, 0.6) is 0 Å². The zero-order chi connectivity index (χ0) is 18.7. The van der Waals surface area contributed by atoms with Gasteiger partial charge in [0.05, 0.1) is 23.0 Å². The van der Waals surface area contributed by atoms with Gasteiger partial charge in [0.1, 0.15) is 0 Å². The molecule has 136 valence electrons. The van der Waals surface area contributed by atoms with Crippen LogP contribution >= 0.6 is 0 Å². The Balaban J connectivity index is 1.76. The van der Waals surface area contributed by atoms with Gasteiger partial charge in [0.25, 0.3) is 0 Å². The number of para-hydroxylation sites is 2. The molecule has 4 nitrogen and oxygen atoms in total. The number of hydrogen-bond donors (Lipinski definition) is 1. The van der Waals surface area contributed by atoms with E-state index in [-0.39, 0.29) is 12.3 Å². The summed E-state index contributed by atoms with van der Waals surface area (Å²) in [4.78, 5) is 16.8. The Bertz CT molecular complexity index is 914. The zero-order valence-corrected chi connectivity index (χ0v) is 14.2. The molecule has 0 aliphatic rings. The van der Waals surface area contributed by atoms with Crippen LogP contribution in [0, 0.1) is 0 Å². The van der Waals surface area contributed by atoms with Crippen molar-refractivity contribution in [3.63, 3.8) is 0 Å². The Hall–Kier alpha value is -2.83. The molecule has 0 saturated heterocycles. The number of imidazole rings is 1. The lowest BCUT2D eigenvalue weighted by atomic mass is 10.1. The van der Waals surface area contributed by atoms with E-state index >= 15 is 0 Å². The van der Waals surface area contributed by atoms with Crippen molar-refractivity contribution in [2.75, 3.05) is 5.32 Å². The van der Waals surface area contributed by atoms with Crippen molar-refractivity contribution >= 4 is 22.9 Å². The predicted molar refractivity (Wildman–Crippen MR) is 93.8 cm³/mol. The molecule has 1 N–H and O–H groups in total. The van der Waals surface area contributed by atoms with Crippen LogP contribution < -0.4 is 5.32 Å². The third kappa shape index (κ3) is 3.87. The number of halogens is 3. The fourth-order valence-electron chi connectivity index (χ4n) is 2.79. The van der Waals surface area contributed by atoms with Crippen molar-refractivity contribution in [3.8, 4) is 0 Å². The lowest BCUT2D eigenvalue weighted by Crippen LogP contribution is -2.18. The third-order valence-electron chi connectivity index (χ3n) is 4.00. The number of nitrogens with one attached hydrogen (secondary N) is 1. The second-order valence-corrected chi connectivity index (χ2v) is 6.00. The first-order valence-electron chi connectivity index (χ1n) is 8.29. The molecule has 0 fully saturated rings. The minimum Gasteiger partial charge on any atom is -0.310 e. The van der Waals surface area contributed by atoms with E-state index in [1.54, 1.807) is 0 Å². The van der Waals surface area contributed by atoms with Crippen LogP contribution in [0.15, 0.2) is 48.5 Å². The summed E-state index contributed by atoms with van der Waals surface area (Å²) < 4.78 is 39.7. The van der Waals surface area contributed by atoms with Crippen LogP contribution in [0.4, 0.5) is 19.1 Å². The number of benzene rings is 2. The van der Waals surface area contributed by atoms with Crippen molar-refractivity contribution in [1.29, 1.82) is 0 Å². The van der Waals surface area contributed by atoms with E-state index in [9.17, 15) is 18.0 Å². The first-order chi connectivity index (χ1) is 12.4. The largest absolute Gasteiger partial charge is 0.416 e. The van der Waals surface area contributed by atoms with E-state index in [1.807, 2.05) is 35.8 Å². The number of nitrogens with zero attached hydrogens (tertiary/aromatic N) is 2. The second kappa shape index (κ2) is 7.19. The highest BCUT2D eigenvalue weighted by molar-refractivity contribution is 5.92. The van der Waals surface area contributed by atoms with Gasteiger partial charge in [-0.05, 0) is 36.2 Å². The minimum absolute atomic E-state index is 0.0204. The number of aryl methyl sites for hydroxylation is 1. The van der Waals surface area contributed by atoms with E-state index in [0.717, 1.165) is 29.6 Å². The van der Waals surface area contributed by atoms with Gasteiger partial charge >= 0.3 is 6.18 Å². The van der Waals surface area contributed by atoms with E-state index in [2.05, 4.69) is 10.3 Å². The van der Waals surface area contributed by atoms with Gasteiger partial charge in [0.15, 0.2) is 0 Å². The number of amides is 1. The van der Waals surface area contributed by atoms with Crippen molar-refractivity contribution < 1.29 is 18.0 Å². The molecule has 3 aromatic rings. The van der Waals surface area contributed by atoms with E-state index in [1.165, 1.54) is 12.1 Å². The van der Waals surface area contributed by atoms with Crippen LogP contribution in [0.2, 0.25) is 0 Å². The fraction of sp³-hybridized carbons (Fsp3) is 0.263. The number of fused-ring (bicyclic) bond motifs is 1. The highest BCUT2D eigenvalue weighted by Crippen LogP contribution is 2.29. The Kier molecular flexibility index (Phi) is 4.97. The lowest BCUT2D eigenvalue weighted by Gasteiger charge is -2.10.